The fourth-order valence-corrected chi connectivity index (χ4v) is 2.24. The number of carbonyl (C=O) groups excluding carboxylic acids is 1. The molecular formula is C12H16N2O7. The number of ether oxygens (including phenoxy) is 2. The van der Waals surface area contributed by atoms with Gasteiger partial charge in [0.1, 0.15) is 17.8 Å². The van der Waals surface area contributed by atoms with Crippen LogP contribution in [0.3, 0.4) is 0 Å². The summed E-state index contributed by atoms with van der Waals surface area (Å²) in [5.74, 6) is -0.925. The van der Waals surface area contributed by atoms with Crippen molar-refractivity contribution in [1.29, 1.82) is 0 Å². The Bertz CT molecular complexity index is 598. The Morgan fingerprint density at radius 3 is 2.81 bits per heavy atom. The van der Waals surface area contributed by atoms with E-state index >= 15 is 0 Å². The highest BCUT2D eigenvalue weighted by Crippen LogP contribution is 2.37. The molecule has 2 rings (SSSR count). The van der Waals surface area contributed by atoms with Gasteiger partial charge in [0.2, 0.25) is 5.69 Å². The van der Waals surface area contributed by atoms with Crippen molar-refractivity contribution in [2.75, 3.05) is 13.7 Å². The highest BCUT2D eigenvalue weighted by molar-refractivity contribution is 5.86. The van der Waals surface area contributed by atoms with E-state index in [4.69, 9.17) is 9.84 Å². The largest absolute Gasteiger partial charge is 0.464 e. The second-order valence-corrected chi connectivity index (χ2v) is 4.86. The Morgan fingerprint density at radius 1 is 1.62 bits per heavy atom. The molecular weight excluding hydrogens is 284 g/mol. The average molecular weight is 300 g/mol. The van der Waals surface area contributed by atoms with Crippen molar-refractivity contribution in [3.63, 3.8) is 0 Å². The number of carbonyl (C=O) groups is 1. The van der Waals surface area contributed by atoms with Gasteiger partial charge in [-0.1, -0.05) is 0 Å². The third-order valence-corrected chi connectivity index (χ3v) is 3.43. The number of hydrogen-bond acceptors (Lipinski definition) is 8. The Kier molecular flexibility index (Phi) is 4.10. The van der Waals surface area contributed by atoms with E-state index in [1.54, 1.807) is 0 Å². The highest BCUT2D eigenvalue weighted by atomic mass is 16.6. The smallest absolute Gasteiger partial charge is 0.362 e. The van der Waals surface area contributed by atoms with Crippen LogP contribution in [0.25, 0.3) is 0 Å². The molecule has 0 bridgehead atoms. The van der Waals surface area contributed by atoms with Gasteiger partial charge in [-0.2, -0.15) is 0 Å². The van der Waals surface area contributed by atoms with Crippen molar-refractivity contribution in [1.82, 2.24) is 9.55 Å². The van der Waals surface area contributed by atoms with E-state index in [1.165, 1.54) is 19.3 Å². The lowest BCUT2D eigenvalue weighted by Gasteiger charge is -2.27. The summed E-state index contributed by atoms with van der Waals surface area (Å²) >= 11 is 0. The Labute approximate surface area is 119 Å². The first-order chi connectivity index (χ1) is 9.84. The molecule has 21 heavy (non-hydrogen) atoms. The van der Waals surface area contributed by atoms with Crippen molar-refractivity contribution in [2.24, 2.45) is 0 Å². The first-order valence-corrected chi connectivity index (χ1v) is 6.16. The van der Waals surface area contributed by atoms with Crippen LogP contribution in [-0.4, -0.2) is 62.4 Å². The van der Waals surface area contributed by atoms with Crippen LogP contribution in [0.2, 0.25) is 0 Å². The number of aromatic nitrogens is 2. The van der Waals surface area contributed by atoms with E-state index in [2.05, 4.69) is 9.72 Å². The number of hydrogen-bond donors (Lipinski definition) is 3. The van der Waals surface area contributed by atoms with Gasteiger partial charge in [0.25, 0.3) is 5.56 Å². The van der Waals surface area contributed by atoms with Crippen LogP contribution in [-0.2, 0) is 9.47 Å². The molecule has 1 fully saturated rings. The topological polar surface area (TPSA) is 131 Å². The maximum Gasteiger partial charge on any atom is 0.362 e. The van der Waals surface area contributed by atoms with E-state index in [0.717, 1.165) is 11.7 Å². The van der Waals surface area contributed by atoms with Crippen LogP contribution >= 0.6 is 0 Å². The zero-order chi connectivity index (χ0) is 15.8. The quantitative estimate of drug-likeness (QED) is 0.548. The van der Waals surface area contributed by atoms with E-state index < -0.39 is 47.9 Å². The molecule has 1 aliphatic heterocycles. The molecule has 0 radical (unpaired) electrons. The zero-order valence-electron chi connectivity index (χ0n) is 11.5. The van der Waals surface area contributed by atoms with Gasteiger partial charge in [0.05, 0.1) is 13.7 Å². The summed E-state index contributed by atoms with van der Waals surface area (Å²) in [5.41, 5.74) is -3.13. The van der Waals surface area contributed by atoms with Gasteiger partial charge in [-0.25, -0.2) is 9.78 Å². The summed E-state index contributed by atoms with van der Waals surface area (Å²) in [6.07, 6.45) is -1.34. The van der Waals surface area contributed by atoms with E-state index in [9.17, 15) is 19.8 Å². The fraction of sp³-hybridized carbons (Fsp3) is 0.583. The van der Waals surface area contributed by atoms with Crippen molar-refractivity contribution >= 4 is 5.97 Å². The van der Waals surface area contributed by atoms with Gasteiger partial charge in [-0.05, 0) is 6.92 Å². The normalized spacial score (nSPS) is 32.1. The molecule has 1 aromatic rings. The summed E-state index contributed by atoms with van der Waals surface area (Å²) in [6, 6.07) is 0. The number of methoxy groups -OCH3 is 1. The summed E-state index contributed by atoms with van der Waals surface area (Å²) in [4.78, 5) is 27.3. The molecule has 2 heterocycles. The molecule has 9 heteroatoms. The maximum absolute atomic E-state index is 12.2. The van der Waals surface area contributed by atoms with Gasteiger partial charge < -0.3 is 24.8 Å². The molecule has 2 unspecified atom stereocenters. The summed E-state index contributed by atoms with van der Waals surface area (Å²) in [6.45, 7) is 0.736. The predicted molar refractivity (Wildman–Crippen MR) is 67.5 cm³/mol. The van der Waals surface area contributed by atoms with Crippen LogP contribution < -0.4 is 5.56 Å². The third kappa shape index (κ3) is 2.44. The van der Waals surface area contributed by atoms with E-state index in [-0.39, 0.29) is 0 Å². The molecule has 1 aliphatic rings. The second-order valence-electron chi connectivity index (χ2n) is 4.86. The Morgan fingerprint density at radius 2 is 2.29 bits per heavy atom. The first kappa shape index (κ1) is 15.6. The first-order valence-electron chi connectivity index (χ1n) is 6.16. The van der Waals surface area contributed by atoms with Crippen molar-refractivity contribution in [2.45, 2.75) is 31.0 Å². The lowest BCUT2D eigenvalue weighted by molar-refractivity contribution is -0.0983. The molecule has 1 aromatic heterocycles. The number of aliphatic hydroxyl groups excluding tert-OH is 2. The summed E-state index contributed by atoms with van der Waals surface area (Å²) < 4.78 is 10.7. The van der Waals surface area contributed by atoms with Crippen LogP contribution in [0.1, 0.15) is 23.6 Å². The summed E-state index contributed by atoms with van der Waals surface area (Å²) in [7, 11) is 1.11. The molecule has 9 nitrogen and oxygen atoms in total. The molecule has 1 saturated heterocycles. The molecule has 0 aromatic carbocycles. The standard InChI is InChI=1S/C12H16N2O7/c1-12(19)8(16)6(5-15)21-11(12)14-4-3-13-7(9(14)17)10(18)20-2/h3-4,6,8,11,15-16,19H,5H2,1-2H3/t6-,8?,11-,12?/m1/s1. The fourth-order valence-electron chi connectivity index (χ4n) is 2.24. The van der Waals surface area contributed by atoms with Gasteiger partial charge in [-0.15, -0.1) is 0 Å². The zero-order valence-corrected chi connectivity index (χ0v) is 11.5. The molecule has 4 atom stereocenters. The molecule has 0 aliphatic carbocycles. The SMILES string of the molecule is COC(=O)c1nccn([C@@H]2O[C@H](CO)C(O)C2(C)O)c1=O. The minimum atomic E-state index is -1.83. The van der Waals surface area contributed by atoms with E-state index in [1.807, 2.05) is 0 Å². The van der Waals surface area contributed by atoms with Crippen molar-refractivity contribution in [3.8, 4) is 0 Å². The number of aliphatic hydroxyl groups is 3. The minimum absolute atomic E-state index is 0.471. The average Bonchev–Trinajstić information content (AvgIpc) is 2.69. The molecule has 0 spiro atoms. The maximum atomic E-state index is 12.2. The van der Waals surface area contributed by atoms with Gasteiger partial charge in [-0.3, -0.25) is 9.36 Å². The minimum Gasteiger partial charge on any atom is -0.464 e. The van der Waals surface area contributed by atoms with Gasteiger partial charge in [0, 0.05) is 12.4 Å². The molecule has 116 valence electrons. The predicted octanol–water partition coefficient (Wildman–Crippen LogP) is -1.97. The molecule has 0 amide bonds. The molecule has 0 saturated carbocycles. The van der Waals surface area contributed by atoms with Crippen LogP contribution in [0, 0.1) is 0 Å². The Hall–Kier alpha value is -1.81. The second kappa shape index (κ2) is 5.53. The van der Waals surface area contributed by atoms with Crippen LogP contribution in [0.15, 0.2) is 17.2 Å². The van der Waals surface area contributed by atoms with E-state index in [0.29, 0.717) is 0 Å². The van der Waals surface area contributed by atoms with Crippen LogP contribution in [0.5, 0.6) is 0 Å². The number of esters is 1. The Balaban J connectivity index is 2.48. The lowest BCUT2D eigenvalue weighted by Crippen LogP contribution is -2.46. The highest BCUT2D eigenvalue weighted by Gasteiger charge is 2.53. The summed E-state index contributed by atoms with van der Waals surface area (Å²) in [5, 5.41) is 29.3. The van der Waals surface area contributed by atoms with Gasteiger partial charge in [0.15, 0.2) is 6.23 Å². The van der Waals surface area contributed by atoms with Crippen molar-refractivity contribution in [3.05, 3.63) is 28.4 Å². The monoisotopic (exact) mass is 300 g/mol. The third-order valence-electron chi connectivity index (χ3n) is 3.43. The van der Waals surface area contributed by atoms with Gasteiger partial charge >= 0.3 is 5.97 Å². The molecule has 3 N–H and O–H groups in total. The number of rotatable bonds is 3. The lowest BCUT2D eigenvalue weighted by atomic mass is 9.96. The number of nitrogens with zero attached hydrogens (tertiary/aromatic N) is 2. The van der Waals surface area contributed by atoms with Crippen molar-refractivity contribution < 1.29 is 29.6 Å². The van der Waals surface area contributed by atoms with Crippen LogP contribution in [0.4, 0.5) is 0 Å².